The normalized spacial score (nSPS) is 10.3. The van der Waals surface area contributed by atoms with Gasteiger partial charge in [0.25, 0.3) is 0 Å². The topological polar surface area (TPSA) is 52.6 Å². The molecule has 90 valence electrons. The highest BCUT2D eigenvalue weighted by Crippen LogP contribution is 2.28. The van der Waals surface area contributed by atoms with E-state index in [1.165, 1.54) is 26.2 Å². The second-order valence-corrected chi connectivity index (χ2v) is 3.51. The minimum absolute atomic E-state index is 0.328. The van der Waals surface area contributed by atoms with Crippen molar-refractivity contribution in [2.45, 2.75) is 6.92 Å². The molecule has 0 fully saturated rings. The molecule has 17 heavy (non-hydrogen) atoms. The Bertz CT molecular complexity index is 466. The van der Waals surface area contributed by atoms with Gasteiger partial charge in [-0.15, -0.1) is 0 Å². The van der Waals surface area contributed by atoms with Crippen molar-refractivity contribution < 1.29 is 19.1 Å². The molecule has 0 saturated carbocycles. The van der Waals surface area contributed by atoms with Crippen LogP contribution in [0.15, 0.2) is 24.3 Å². The fraction of sp³-hybridized carbons (Fsp3) is 0.167. The molecule has 0 aromatic heterocycles. The Morgan fingerprint density at radius 2 is 2.00 bits per heavy atom. The first-order chi connectivity index (χ1) is 8.02. The van der Waals surface area contributed by atoms with Gasteiger partial charge in [0, 0.05) is 6.92 Å². The SMILES string of the molecule is COc1cc(C=CC(=O)Cl)ccc1OC(C)=O. The van der Waals surface area contributed by atoms with Crippen molar-refractivity contribution >= 4 is 28.9 Å². The van der Waals surface area contributed by atoms with Gasteiger partial charge in [0.05, 0.1) is 7.11 Å². The van der Waals surface area contributed by atoms with Gasteiger partial charge in [0.1, 0.15) is 0 Å². The molecule has 0 spiro atoms. The zero-order chi connectivity index (χ0) is 12.8. The first kappa shape index (κ1) is 13.3. The number of rotatable bonds is 4. The summed E-state index contributed by atoms with van der Waals surface area (Å²) in [5.41, 5.74) is 0.715. The van der Waals surface area contributed by atoms with E-state index in [1.54, 1.807) is 18.2 Å². The lowest BCUT2D eigenvalue weighted by molar-refractivity contribution is -0.132. The van der Waals surface area contributed by atoms with E-state index in [1.807, 2.05) is 0 Å². The first-order valence-electron chi connectivity index (χ1n) is 4.77. The number of methoxy groups -OCH3 is 1. The molecule has 4 nitrogen and oxygen atoms in total. The Labute approximate surface area is 104 Å². The predicted octanol–water partition coefficient (Wildman–Crippen LogP) is 2.40. The molecule has 5 heteroatoms. The summed E-state index contributed by atoms with van der Waals surface area (Å²) in [5.74, 6) is 0.307. The third kappa shape index (κ3) is 4.28. The van der Waals surface area contributed by atoms with Crippen LogP contribution in [0, 0.1) is 0 Å². The second-order valence-electron chi connectivity index (χ2n) is 3.14. The summed E-state index contributed by atoms with van der Waals surface area (Å²) in [6.07, 6.45) is 2.76. The van der Waals surface area contributed by atoms with E-state index in [2.05, 4.69) is 0 Å². The average Bonchev–Trinajstić information content (AvgIpc) is 2.26. The summed E-state index contributed by atoms with van der Waals surface area (Å²) in [7, 11) is 1.46. The molecule has 0 heterocycles. The maximum absolute atomic E-state index is 10.8. The molecule has 0 bridgehead atoms. The molecule has 1 aromatic carbocycles. The van der Waals surface area contributed by atoms with E-state index in [4.69, 9.17) is 21.1 Å². The summed E-state index contributed by atoms with van der Waals surface area (Å²) in [6.45, 7) is 1.30. The number of hydrogen-bond donors (Lipinski definition) is 0. The average molecular weight is 255 g/mol. The fourth-order valence-electron chi connectivity index (χ4n) is 1.19. The maximum atomic E-state index is 10.8. The lowest BCUT2D eigenvalue weighted by Gasteiger charge is -2.08. The predicted molar refractivity (Wildman–Crippen MR) is 64.2 cm³/mol. The first-order valence-corrected chi connectivity index (χ1v) is 5.14. The van der Waals surface area contributed by atoms with E-state index < -0.39 is 11.2 Å². The van der Waals surface area contributed by atoms with Crippen molar-refractivity contribution in [3.8, 4) is 11.5 Å². The van der Waals surface area contributed by atoms with Crippen molar-refractivity contribution in [1.82, 2.24) is 0 Å². The molecule has 0 aliphatic heterocycles. The highest BCUT2D eigenvalue weighted by atomic mass is 35.5. The van der Waals surface area contributed by atoms with Gasteiger partial charge in [-0.1, -0.05) is 12.1 Å². The van der Waals surface area contributed by atoms with Gasteiger partial charge < -0.3 is 9.47 Å². The summed E-state index contributed by atoms with van der Waals surface area (Å²) < 4.78 is 10.0. The van der Waals surface area contributed by atoms with Crippen LogP contribution in [0.3, 0.4) is 0 Å². The number of halogens is 1. The third-order valence-electron chi connectivity index (χ3n) is 1.85. The van der Waals surface area contributed by atoms with Gasteiger partial charge in [-0.05, 0) is 35.4 Å². The van der Waals surface area contributed by atoms with Crippen LogP contribution in [0.1, 0.15) is 12.5 Å². The summed E-state index contributed by atoms with van der Waals surface area (Å²) in [6, 6.07) is 4.89. The molecule has 0 aliphatic rings. The zero-order valence-corrected chi connectivity index (χ0v) is 10.2. The van der Waals surface area contributed by atoms with Crippen molar-refractivity contribution in [2.75, 3.05) is 7.11 Å². The van der Waals surface area contributed by atoms with E-state index >= 15 is 0 Å². The van der Waals surface area contributed by atoms with E-state index in [0.717, 1.165) is 0 Å². The van der Waals surface area contributed by atoms with Crippen LogP contribution in [0.5, 0.6) is 11.5 Å². The van der Waals surface area contributed by atoms with Gasteiger partial charge in [-0.2, -0.15) is 0 Å². The molecule has 1 rings (SSSR count). The van der Waals surface area contributed by atoms with Crippen molar-refractivity contribution in [3.63, 3.8) is 0 Å². The third-order valence-corrected chi connectivity index (χ3v) is 1.97. The standard InChI is InChI=1S/C12H11ClO4/c1-8(14)17-10-5-3-9(4-6-12(13)15)7-11(10)16-2/h3-7H,1-2H3. The van der Waals surface area contributed by atoms with Crippen LogP contribution < -0.4 is 9.47 Å². The smallest absolute Gasteiger partial charge is 0.308 e. The van der Waals surface area contributed by atoms with Gasteiger partial charge >= 0.3 is 5.97 Å². The highest BCUT2D eigenvalue weighted by molar-refractivity contribution is 6.66. The van der Waals surface area contributed by atoms with E-state index in [-0.39, 0.29) is 0 Å². The Morgan fingerprint density at radius 3 is 2.53 bits per heavy atom. The molecule has 0 aliphatic carbocycles. The van der Waals surface area contributed by atoms with Crippen molar-refractivity contribution in [2.24, 2.45) is 0 Å². The summed E-state index contributed by atoms with van der Waals surface area (Å²) >= 11 is 5.18. The van der Waals surface area contributed by atoms with Crippen LogP contribution in [0.2, 0.25) is 0 Å². The number of carbonyl (C=O) groups is 2. The number of hydrogen-bond acceptors (Lipinski definition) is 4. The van der Waals surface area contributed by atoms with Gasteiger partial charge in [0.2, 0.25) is 5.24 Å². The number of carbonyl (C=O) groups excluding carboxylic acids is 2. The lowest BCUT2D eigenvalue weighted by atomic mass is 10.2. The molecule has 0 atom stereocenters. The Kier molecular flexibility index (Phi) is 4.72. The van der Waals surface area contributed by atoms with Crippen LogP contribution in [-0.2, 0) is 9.59 Å². The number of allylic oxidation sites excluding steroid dienone is 1. The number of esters is 1. The fourth-order valence-corrected chi connectivity index (χ4v) is 1.25. The molecule has 0 N–H and O–H groups in total. The molecule has 0 saturated heterocycles. The van der Waals surface area contributed by atoms with Gasteiger partial charge in [-0.3, -0.25) is 9.59 Å². The zero-order valence-electron chi connectivity index (χ0n) is 9.40. The molecule has 0 amide bonds. The molecular formula is C12H11ClO4. The minimum atomic E-state index is -0.562. The lowest BCUT2D eigenvalue weighted by Crippen LogP contribution is -2.03. The Hall–Kier alpha value is -1.81. The Balaban J connectivity index is 2.99. The highest BCUT2D eigenvalue weighted by Gasteiger charge is 2.06. The number of benzene rings is 1. The maximum Gasteiger partial charge on any atom is 0.308 e. The quantitative estimate of drug-likeness (QED) is 0.358. The molecule has 0 radical (unpaired) electrons. The summed E-state index contributed by atoms with van der Waals surface area (Å²) in [4.78, 5) is 21.4. The monoisotopic (exact) mass is 254 g/mol. The van der Waals surface area contributed by atoms with Crippen molar-refractivity contribution in [1.29, 1.82) is 0 Å². The van der Waals surface area contributed by atoms with Gasteiger partial charge in [-0.25, -0.2) is 0 Å². The van der Waals surface area contributed by atoms with E-state index in [9.17, 15) is 9.59 Å². The molecular weight excluding hydrogens is 244 g/mol. The van der Waals surface area contributed by atoms with Crippen LogP contribution in [0.25, 0.3) is 6.08 Å². The number of ether oxygens (including phenoxy) is 2. The van der Waals surface area contributed by atoms with E-state index in [0.29, 0.717) is 17.1 Å². The van der Waals surface area contributed by atoms with Crippen molar-refractivity contribution in [3.05, 3.63) is 29.8 Å². The molecule has 1 aromatic rings. The van der Waals surface area contributed by atoms with Crippen LogP contribution >= 0.6 is 11.6 Å². The second kappa shape index (κ2) is 6.06. The largest absolute Gasteiger partial charge is 0.493 e. The minimum Gasteiger partial charge on any atom is -0.493 e. The van der Waals surface area contributed by atoms with Crippen LogP contribution in [0.4, 0.5) is 0 Å². The molecule has 0 unspecified atom stereocenters. The summed E-state index contributed by atoms with van der Waals surface area (Å²) in [5, 5.41) is -0.562. The Morgan fingerprint density at radius 1 is 1.29 bits per heavy atom. The van der Waals surface area contributed by atoms with Crippen LogP contribution in [-0.4, -0.2) is 18.3 Å². The van der Waals surface area contributed by atoms with Gasteiger partial charge in [0.15, 0.2) is 11.5 Å².